The molecule has 2 rings (SSSR count). The molecule has 6 nitrogen and oxygen atoms in total. The van der Waals surface area contributed by atoms with E-state index in [9.17, 15) is 9.59 Å². The number of likely N-dealkylation sites (tertiary alicyclic amines) is 1. The van der Waals surface area contributed by atoms with Crippen LogP contribution in [-0.2, 0) is 9.53 Å². The number of amides is 2. The number of halogens is 1. The van der Waals surface area contributed by atoms with Crippen LogP contribution in [0, 0.1) is 6.92 Å². The lowest BCUT2D eigenvalue weighted by Gasteiger charge is -2.26. The van der Waals surface area contributed by atoms with Crippen LogP contribution in [0.3, 0.4) is 0 Å². The molecule has 0 bridgehead atoms. The van der Waals surface area contributed by atoms with E-state index in [1.807, 2.05) is 27.7 Å². The number of nitrogens with zero attached hydrogens (tertiary/aromatic N) is 1. The van der Waals surface area contributed by atoms with Crippen molar-refractivity contribution in [2.45, 2.75) is 58.6 Å². The van der Waals surface area contributed by atoms with Crippen LogP contribution in [0.25, 0.3) is 0 Å². The zero-order valence-electron chi connectivity index (χ0n) is 17.1. The fourth-order valence-electron chi connectivity index (χ4n) is 3.40. The zero-order chi connectivity index (χ0) is 20.5. The standard InChI is InChI=1S/C20H29ClN2O4/c1-11-15(21)9-14(12(2)27-19(25)22-20(3,4)5)18(26-7)17(11)13-8-16(24)23(6)10-13/h9,12-13H,8,10H2,1-7H3,(H,22,25). The van der Waals surface area contributed by atoms with Gasteiger partial charge in [0, 0.05) is 47.6 Å². The van der Waals surface area contributed by atoms with Gasteiger partial charge in [0.1, 0.15) is 11.9 Å². The van der Waals surface area contributed by atoms with E-state index in [-0.39, 0.29) is 11.8 Å². The number of likely N-dealkylation sites (N-methyl/N-ethyl adjacent to an activating group) is 1. The number of rotatable bonds is 4. The van der Waals surface area contributed by atoms with E-state index in [1.54, 1.807) is 32.0 Å². The Bertz CT molecular complexity index is 742. The third-order valence-electron chi connectivity index (χ3n) is 4.70. The van der Waals surface area contributed by atoms with Crippen LogP contribution in [0.4, 0.5) is 4.79 Å². The minimum absolute atomic E-state index is 0.00879. The van der Waals surface area contributed by atoms with Crippen molar-refractivity contribution in [3.63, 3.8) is 0 Å². The van der Waals surface area contributed by atoms with E-state index in [2.05, 4.69) is 5.32 Å². The van der Waals surface area contributed by atoms with Crippen molar-refractivity contribution in [1.82, 2.24) is 10.2 Å². The van der Waals surface area contributed by atoms with Gasteiger partial charge in [-0.15, -0.1) is 0 Å². The van der Waals surface area contributed by atoms with Gasteiger partial charge in [0.15, 0.2) is 0 Å². The van der Waals surface area contributed by atoms with E-state index in [0.717, 1.165) is 11.1 Å². The van der Waals surface area contributed by atoms with Gasteiger partial charge in [-0.3, -0.25) is 4.79 Å². The van der Waals surface area contributed by atoms with Crippen molar-refractivity contribution in [3.05, 3.63) is 27.8 Å². The number of hydrogen-bond donors (Lipinski definition) is 1. The highest BCUT2D eigenvalue weighted by atomic mass is 35.5. The van der Waals surface area contributed by atoms with Crippen LogP contribution in [-0.4, -0.2) is 43.1 Å². The summed E-state index contributed by atoms with van der Waals surface area (Å²) in [6.07, 6.45) is -0.659. The molecule has 1 N–H and O–H groups in total. The monoisotopic (exact) mass is 396 g/mol. The molecule has 1 aromatic rings. The molecule has 27 heavy (non-hydrogen) atoms. The topological polar surface area (TPSA) is 67.9 Å². The number of ether oxygens (including phenoxy) is 2. The second-order valence-electron chi connectivity index (χ2n) is 8.12. The first-order valence-electron chi connectivity index (χ1n) is 9.04. The normalized spacial score (nSPS) is 18.4. The minimum Gasteiger partial charge on any atom is -0.496 e. The van der Waals surface area contributed by atoms with E-state index in [4.69, 9.17) is 21.1 Å². The third kappa shape index (κ3) is 4.86. The lowest BCUT2D eigenvalue weighted by molar-refractivity contribution is -0.126. The number of alkyl carbamates (subject to hydrolysis) is 1. The first-order valence-corrected chi connectivity index (χ1v) is 9.42. The minimum atomic E-state index is -0.561. The number of carbonyl (C=O) groups excluding carboxylic acids is 2. The first-order chi connectivity index (χ1) is 12.4. The highest BCUT2D eigenvalue weighted by Crippen LogP contribution is 2.43. The average molecular weight is 397 g/mol. The van der Waals surface area contributed by atoms with Gasteiger partial charge >= 0.3 is 6.09 Å². The Morgan fingerprint density at radius 3 is 2.52 bits per heavy atom. The summed E-state index contributed by atoms with van der Waals surface area (Å²) in [5.41, 5.74) is 2.08. The maximum Gasteiger partial charge on any atom is 0.408 e. The van der Waals surface area contributed by atoms with Crippen LogP contribution >= 0.6 is 11.6 Å². The highest BCUT2D eigenvalue weighted by molar-refractivity contribution is 6.31. The fraction of sp³-hybridized carbons (Fsp3) is 0.600. The van der Waals surface area contributed by atoms with Crippen molar-refractivity contribution in [2.75, 3.05) is 20.7 Å². The van der Waals surface area contributed by atoms with Gasteiger partial charge in [-0.1, -0.05) is 11.6 Å². The summed E-state index contributed by atoms with van der Waals surface area (Å²) in [6.45, 7) is 9.96. The van der Waals surface area contributed by atoms with Gasteiger partial charge in [-0.05, 0) is 46.2 Å². The summed E-state index contributed by atoms with van der Waals surface area (Å²) in [4.78, 5) is 25.9. The number of benzene rings is 1. The molecule has 0 aromatic heterocycles. The van der Waals surface area contributed by atoms with Crippen LogP contribution < -0.4 is 10.1 Å². The molecule has 1 aromatic carbocycles. The summed E-state index contributed by atoms with van der Waals surface area (Å²) in [5.74, 6) is 0.711. The summed E-state index contributed by atoms with van der Waals surface area (Å²) >= 11 is 6.48. The second kappa shape index (κ2) is 7.97. The summed E-state index contributed by atoms with van der Waals surface area (Å²) in [7, 11) is 3.37. The largest absolute Gasteiger partial charge is 0.496 e. The summed E-state index contributed by atoms with van der Waals surface area (Å²) in [5, 5.41) is 3.34. The van der Waals surface area contributed by atoms with Gasteiger partial charge in [0.2, 0.25) is 5.91 Å². The van der Waals surface area contributed by atoms with Crippen molar-refractivity contribution >= 4 is 23.6 Å². The van der Waals surface area contributed by atoms with Gasteiger partial charge in [0.25, 0.3) is 0 Å². The number of hydrogen-bond acceptors (Lipinski definition) is 4. The molecule has 0 radical (unpaired) electrons. The second-order valence-corrected chi connectivity index (χ2v) is 8.52. The Morgan fingerprint density at radius 2 is 2.04 bits per heavy atom. The predicted molar refractivity (Wildman–Crippen MR) is 106 cm³/mol. The predicted octanol–water partition coefficient (Wildman–Crippen LogP) is 4.19. The van der Waals surface area contributed by atoms with E-state index in [1.165, 1.54) is 0 Å². The van der Waals surface area contributed by atoms with Gasteiger partial charge in [0.05, 0.1) is 7.11 Å². The van der Waals surface area contributed by atoms with Crippen molar-refractivity contribution in [3.8, 4) is 5.75 Å². The van der Waals surface area contributed by atoms with Crippen molar-refractivity contribution < 1.29 is 19.1 Å². The quantitative estimate of drug-likeness (QED) is 0.828. The smallest absolute Gasteiger partial charge is 0.408 e. The summed E-state index contributed by atoms with van der Waals surface area (Å²) < 4.78 is 11.2. The van der Waals surface area contributed by atoms with Gasteiger partial charge < -0.3 is 19.7 Å². The molecular formula is C20H29ClN2O4. The molecular weight excluding hydrogens is 368 g/mol. The molecule has 2 unspecified atom stereocenters. The zero-order valence-corrected chi connectivity index (χ0v) is 17.9. The van der Waals surface area contributed by atoms with Crippen molar-refractivity contribution in [1.29, 1.82) is 0 Å². The Morgan fingerprint density at radius 1 is 1.41 bits per heavy atom. The molecule has 0 saturated carbocycles. The SMILES string of the molecule is COc1c(C(C)OC(=O)NC(C)(C)C)cc(Cl)c(C)c1C1CC(=O)N(C)C1. The Balaban J connectivity index is 2.40. The molecule has 1 aliphatic heterocycles. The van der Waals surface area contributed by atoms with Crippen LogP contribution in [0.5, 0.6) is 5.75 Å². The number of nitrogens with one attached hydrogen (secondary N) is 1. The van der Waals surface area contributed by atoms with Crippen LogP contribution in [0.2, 0.25) is 5.02 Å². The Labute approximate surface area is 166 Å². The average Bonchev–Trinajstić information content (AvgIpc) is 2.86. The molecule has 1 saturated heterocycles. The molecule has 0 spiro atoms. The lowest BCUT2D eigenvalue weighted by Crippen LogP contribution is -2.41. The van der Waals surface area contributed by atoms with Crippen molar-refractivity contribution in [2.24, 2.45) is 0 Å². The third-order valence-corrected chi connectivity index (χ3v) is 5.10. The van der Waals surface area contributed by atoms with E-state index < -0.39 is 17.7 Å². The maximum absolute atomic E-state index is 12.2. The fourth-order valence-corrected chi connectivity index (χ4v) is 3.62. The molecule has 1 heterocycles. The number of methoxy groups -OCH3 is 1. The number of carbonyl (C=O) groups is 2. The lowest BCUT2D eigenvalue weighted by atomic mass is 9.89. The van der Waals surface area contributed by atoms with Crippen LogP contribution in [0.1, 0.15) is 62.8 Å². The summed E-state index contributed by atoms with van der Waals surface area (Å²) in [6, 6.07) is 1.77. The molecule has 1 fully saturated rings. The Hall–Kier alpha value is -1.95. The molecule has 2 atom stereocenters. The van der Waals surface area contributed by atoms with Gasteiger partial charge in [-0.2, -0.15) is 0 Å². The maximum atomic E-state index is 12.2. The molecule has 150 valence electrons. The van der Waals surface area contributed by atoms with E-state index >= 15 is 0 Å². The highest BCUT2D eigenvalue weighted by Gasteiger charge is 2.34. The first kappa shape index (κ1) is 21.4. The molecule has 7 heteroatoms. The van der Waals surface area contributed by atoms with Gasteiger partial charge in [-0.25, -0.2) is 4.79 Å². The molecule has 0 aliphatic carbocycles. The van der Waals surface area contributed by atoms with E-state index in [0.29, 0.717) is 29.3 Å². The molecule has 1 aliphatic rings. The molecule has 2 amide bonds. The van der Waals surface area contributed by atoms with Crippen LogP contribution in [0.15, 0.2) is 6.07 Å². The Kier molecular flexibility index (Phi) is 6.30.